The van der Waals surface area contributed by atoms with E-state index in [9.17, 15) is 4.79 Å². The summed E-state index contributed by atoms with van der Waals surface area (Å²) in [6.07, 6.45) is 3.17. The van der Waals surface area contributed by atoms with E-state index >= 15 is 0 Å². The summed E-state index contributed by atoms with van der Waals surface area (Å²) in [5, 5.41) is 0. The van der Waals surface area contributed by atoms with Crippen LogP contribution in [0.15, 0.2) is 24.8 Å². The van der Waals surface area contributed by atoms with Gasteiger partial charge in [-0.3, -0.25) is 0 Å². The summed E-state index contributed by atoms with van der Waals surface area (Å²) in [5.41, 5.74) is 0.520. The van der Waals surface area contributed by atoms with Crippen LogP contribution < -0.4 is 0 Å². The van der Waals surface area contributed by atoms with Crippen LogP contribution in [0.1, 0.15) is 19.8 Å². The van der Waals surface area contributed by atoms with Gasteiger partial charge in [-0.2, -0.15) is 0 Å². The first-order valence-electron chi connectivity index (χ1n) is 3.68. The lowest BCUT2D eigenvalue weighted by Crippen LogP contribution is -2.06. The molecule has 62 valence electrons. The van der Waals surface area contributed by atoms with Crippen molar-refractivity contribution in [2.45, 2.75) is 19.8 Å². The number of rotatable bonds is 5. The highest BCUT2D eigenvalue weighted by molar-refractivity contribution is 5.87. The highest BCUT2D eigenvalue weighted by atomic mass is 16.5. The van der Waals surface area contributed by atoms with Gasteiger partial charge in [0.15, 0.2) is 0 Å². The third-order valence-electron chi connectivity index (χ3n) is 1.21. The molecule has 0 saturated carbocycles. The van der Waals surface area contributed by atoms with Gasteiger partial charge >= 0.3 is 5.97 Å². The lowest BCUT2D eigenvalue weighted by molar-refractivity contribution is -0.138. The van der Waals surface area contributed by atoms with Crippen LogP contribution in [-0.2, 0) is 9.53 Å². The van der Waals surface area contributed by atoms with Gasteiger partial charge in [-0.1, -0.05) is 12.7 Å². The van der Waals surface area contributed by atoms with E-state index in [4.69, 9.17) is 4.74 Å². The minimum Gasteiger partial charge on any atom is -0.463 e. The fourth-order valence-corrected chi connectivity index (χ4v) is 0.612. The normalized spacial score (nSPS) is 8.82. The Morgan fingerprint density at radius 1 is 1.64 bits per heavy atom. The Kier molecular flexibility index (Phi) is 5.17. The minimum atomic E-state index is -0.297. The Morgan fingerprint density at radius 3 is 2.73 bits per heavy atom. The van der Waals surface area contributed by atoms with Gasteiger partial charge in [-0.15, -0.1) is 6.58 Å². The molecule has 0 heterocycles. The number of ether oxygens (including phenoxy) is 1. The molecule has 0 fully saturated rings. The second kappa shape index (κ2) is 5.71. The van der Waals surface area contributed by atoms with Crippen molar-refractivity contribution < 1.29 is 9.53 Å². The summed E-state index contributed by atoms with van der Waals surface area (Å²) in [4.78, 5) is 10.9. The van der Waals surface area contributed by atoms with Crippen LogP contribution in [0.4, 0.5) is 0 Å². The lowest BCUT2D eigenvalue weighted by atomic mass is 10.2. The van der Waals surface area contributed by atoms with Crippen molar-refractivity contribution in [3.8, 4) is 0 Å². The zero-order chi connectivity index (χ0) is 8.69. The Morgan fingerprint density at radius 2 is 2.27 bits per heavy atom. The second-order valence-corrected chi connectivity index (χ2v) is 2.15. The number of hydrogen-bond acceptors (Lipinski definition) is 2. The van der Waals surface area contributed by atoms with Crippen molar-refractivity contribution in [1.82, 2.24) is 0 Å². The van der Waals surface area contributed by atoms with Crippen LogP contribution in [0.25, 0.3) is 0 Å². The van der Waals surface area contributed by atoms with Crippen molar-refractivity contribution in [2.24, 2.45) is 0 Å². The molecular formula is C9H14O2. The van der Waals surface area contributed by atoms with Crippen LogP contribution in [0.3, 0.4) is 0 Å². The molecule has 0 radical (unpaired) electrons. The largest absolute Gasteiger partial charge is 0.463 e. The standard InChI is InChI=1S/C9H14O2/c1-4-6-7-8(3)9(10)11-5-2/h4H,1,3,5-7H2,2H3. The number of carbonyl (C=O) groups is 1. The van der Waals surface area contributed by atoms with Gasteiger partial charge in [0.2, 0.25) is 0 Å². The molecule has 2 nitrogen and oxygen atoms in total. The molecule has 0 aromatic heterocycles. The summed E-state index contributed by atoms with van der Waals surface area (Å²) in [5.74, 6) is -0.297. The smallest absolute Gasteiger partial charge is 0.333 e. The molecule has 0 aliphatic heterocycles. The maximum Gasteiger partial charge on any atom is 0.333 e. The molecule has 0 spiro atoms. The van der Waals surface area contributed by atoms with Gasteiger partial charge in [-0.25, -0.2) is 4.79 Å². The predicted molar refractivity (Wildman–Crippen MR) is 45.2 cm³/mol. The third-order valence-corrected chi connectivity index (χ3v) is 1.21. The molecule has 0 aromatic rings. The quantitative estimate of drug-likeness (QED) is 0.344. The molecule has 0 N–H and O–H groups in total. The average molecular weight is 154 g/mol. The van der Waals surface area contributed by atoms with Crippen molar-refractivity contribution in [2.75, 3.05) is 6.61 Å². The maximum atomic E-state index is 10.9. The topological polar surface area (TPSA) is 26.3 Å². The van der Waals surface area contributed by atoms with E-state index in [1.807, 2.05) is 0 Å². The molecule has 0 aliphatic rings. The van der Waals surface area contributed by atoms with Crippen molar-refractivity contribution in [3.63, 3.8) is 0 Å². The third kappa shape index (κ3) is 4.37. The van der Waals surface area contributed by atoms with Gasteiger partial charge in [0.05, 0.1) is 6.61 Å². The summed E-state index contributed by atoms with van der Waals surface area (Å²) < 4.78 is 4.73. The van der Waals surface area contributed by atoms with Crippen molar-refractivity contribution in [1.29, 1.82) is 0 Å². The SMILES string of the molecule is C=CCCC(=C)C(=O)OCC. The zero-order valence-electron chi connectivity index (χ0n) is 6.93. The van der Waals surface area contributed by atoms with E-state index < -0.39 is 0 Å². The van der Waals surface area contributed by atoms with E-state index in [1.165, 1.54) is 0 Å². The van der Waals surface area contributed by atoms with Crippen LogP contribution in [0, 0.1) is 0 Å². The number of hydrogen-bond donors (Lipinski definition) is 0. The number of carbonyl (C=O) groups excluding carboxylic acids is 1. The molecule has 0 rings (SSSR count). The van der Waals surface area contributed by atoms with Gasteiger partial charge in [0.25, 0.3) is 0 Å². The Labute approximate surface area is 67.6 Å². The molecule has 0 saturated heterocycles. The molecule has 0 atom stereocenters. The van der Waals surface area contributed by atoms with Gasteiger partial charge in [0.1, 0.15) is 0 Å². The summed E-state index contributed by atoms with van der Waals surface area (Å²) >= 11 is 0. The first kappa shape index (κ1) is 9.95. The van der Waals surface area contributed by atoms with E-state index in [0.29, 0.717) is 18.6 Å². The summed E-state index contributed by atoms with van der Waals surface area (Å²) in [6, 6.07) is 0. The first-order valence-corrected chi connectivity index (χ1v) is 3.68. The van der Waals surface area contributed by atoms with Crippen LogP contribution in [0.2, 0.25) is 0 Å². The van der Waals surface area contributed by atoms with Gasteiger partial charge in [-0.05, 0) is 19.8 Å². The van der Waals surface area contributed by atoms with Crippen LogP contribution in [-0.4, -0.2) is 12.6 Å². The van der Waals surface area contributed by atoms with Gasteiger partial charge in [0, 0.05) is 5.57 Å². The average Bonchev–Trinajstić information content (AvgIpc) is 2.00. The highest BCUT2D eigenvalue weighted by Crippen LogP contribution is 2.04. The fraction of sp³-hybridized carbons (Fsp3) is 0.444. The first-order chi connectivity index (χ1) is 5.22. The summed E-state index contributed by atoms with van der Waals surface area (Å²) in [7, 11) is 0. The minimum absolute atomic E-state index is 0.297. The Balaban J connectivity index is 3.64. The molecule has 2 heteroatoms. The van der Waals surface area contributed by atoms with Crippen LogP contribution >= 0.6 is 0 Å². The highest BCUT2D eigenvalue weighted by Gasteiger charge is 2.04. The lowest BCUT2D eigenvalue weighted by Gasteiger charge is -2.02. The Bertz CT molecular complexity index is 159. The van der Waals surface area contributed by atoms with E-state index in [2.05, 4.69) is 13.2 Å². The monoisotopic (exact) mass is 154 g/mol. The van der Waals surface area contributed by atoms with Crippen LogP contribution in [0.5, 0.6) is 0 Å². The number of allylic oxidation sites excluding steroid dienone is 1. The van der Waals surface area contributed by atoms with Crippen molar-refractivity contribution >= 4 is 5.97 Å². The maximum absolute atomic E-state index is 10.9. The molecular weight excluding hydrogens is 140 g/mol. The molecule has 0 aliphatic carbocycles. The van der Waals surface area contributed by atoms with E-state index in [1.54, 1.807) is 13.0 Å². The molecule has 0 aromatic carbocycles. The molecule has 0 amide bonds. The van der Waals surface area contributed by atoms with E-state index in [0.717, 1.165) is 6.42 Å². The Hall–Kier alpha value is -1.05. The zero-order valence-corrected chi connectivity index (χ0v) is 6.93. The van der Waals surface area contributed by atoms with Crippen molar-refractivity contribution in [3.05, 3.63) is 24.8 Å². The summed E-state index contributed by atoms with van der Waals surface area (Å²) in [6.45, 7) is 9.32. The predicted octanol–water partition coefficient (Wildman–Crippen LogP) is 2.07. The number of esters is 1. The molecule has 0 bridgehead atoms. The van der Waals surface area contributed by atoms with Gasteiger partial charge < -0.3 is 4.74 Å². The second-order valence-electron chi connectivity index (χ2n) is 2.15. The fourth-order valence-electron chi connectivity index (χ4n) is 0.612. The molecule has 11 heavy (non-hydrogen) atoms. The molecule has 0 unspecified atom stereocenters. The van der Waals surface area contributed by atoms with E-state index in [-0.39, 0.29) is 5.97 Å².